The molecule has 0 spiro atoms. The van der Waals surface area contributed by atoms with E-state index in [1.54, 1.807) is 0 Å². The van der Waals surface area contributed by atoms with Gasteiger partial charge in [-0.15, -0.1) is 0 Å². The predicted octanol–water partition coefficient (Wildman–Crippen LogP) is 2.03. The molecule has 1 atom stereocenters. The molecular weight excluding hydrogens is 198 g/mol. The van der Waals surface area contributed by atoms with E-state index in [4.69, 9.17) is 5.73 Å². The van der Waals surface area contributed by atoms with Crippen molar-refractivity contribution in [2.24, 2.45) is 5.73 Å². The summed E-state index contributed by atoms with van der Waals surface area (Å²) < 4.78 is 0. The van der Waals surface area contributed by atoms with E-state index in [0.717, 1.165) is 32.5 Å². The van der Waals surface area contributed by atoms with Crippen LogP contribution in [0.4, 0.5) is 0 Å². The van der Waals surface area contributed by atoms with Gasteiger partial charge in [0.1, 0.15) is 0 Å². The minimum Gasteiger partial charge on any atom is -0.330 e. The molecule has 1 aromatic rings. The first-order valence-corrected chi connectivity index (χ1v) is 6.14. The average molecular weight is 221 g/mol. The fourth-order valence-corrected chi connectivity index (χ4v) is 2.06. The molecule has 0 saturated heterocycles. The van der Waals surface area contributed by atoms with Crippen LogP contribution in [0.25, 0.3) is 0 Å². The molecule has 3 heteroatoms. The molecule has 1 rings (SSSR count). The van der Waals surface area contributed by atoms with Crippen molar-refractivity contribution in [3.63, 3.8) is 0 Å². The normalized spacial score (nSPS) is 13.0. The average Bonchev–Trinajstić information content (AvgIpc) is 2.35. The molecule has 0 bridgehead atoms. The summed E-state index contributed by atoms with van der Waals surface area (Å²) >= 11 is 0. The molecule has 3 nitrogen and oxygen atoms in total. The van der Waals surface area contributed by atoms with Gasteiger partial charge in [-0.25, -0.2) is 0 Å². The van der Waals surface area contributed by atoms with Crippen LogP contribution in [0.1, 0.15) is 32.3 Å². The molecule has 1 unspecified atom stereocenters. The van der Waals surface area contributed by atoms with Gasteiger partial charge in [-0.2, -0.15) is 0 Å². The monoisotopic (exact) mass is 221 g/mol. The van der Waals surface area contributed by atoms with Crippen molar-refractivity contribution in [1.29, 1.82) is 0 Å². The van der Waals surface area contributed by atoms with Crippen molar-refractivity contribution >= 4 is 0 Å². The number of hydrogen-bond acceptors (Lipinski definition) is 3. The maximum absolute atomic E-state index is 5.65. The molecule has 0 fully saturated rings. The van der Waals surface area contributed by atoms with Crippen molar-refractivity contribution in [3.05, 3.63) is 30.1 Å². The Labute approximate surface area is 98.7 Å². The lowest BCUT2D eigenvalue weighted by Gasteiger charge is -2.29. The second-order valence-corrected chi connectivity index (χ2v) is 4.06. The third-order valence-electron chi connectivity index (χ3n) is 3.03. The van der Waals surface area contributed by atoms with Gasteiger partial charge in [-0.05, 0) is 43.6 Å². The van der Waals surface area contributed by atoms with Gasteiger partial charge in [0.2, 0.25) is 0 Å². The van der Waals surface area contributed by atoms with Gasteiger partial charge in [0.15, 0.2) is 0 Å². The second kappa shape index (κ2) is 7.36. The van der Waals surface area contributed by atoms with Crippen LogP contribution in [0.5, 0.6) is 0 Å². The van der Waals surface area contributed by atoms with Crippen LogP contribution in [0.2, 0.25) is 0 Å². The maximum atomic E-state index is 5.65. The molecule has 1 aromatic heterocycles. The zero-order chi connectivity index (χ0) is 11.8. The minimum atomic E-state index is 0.600. The summed E-state index contributed by atoms with van der Waals surface area (Å²) in [6.45, 7) is 7.28. The molecule has 16 heavy (non-hydrogen) atoms. The van der Waals surface area contributed by atoms with Gasteiger partial charge in [-0.3, -0.25) is 9.88 Å². The summed E-state index contributed by atoms with van der Waals surface area (Å²) in [6, 6.07) is 4.76. The Morgan fingerprint density at radius 1 is 1.31 bits per heavy atom. The highest BCUT2D eigenvalue weighted by Gasteiger charge is 2.14. The lowest BCUT2D eigenvalue weighted by atomic mass is 10.1. The van der Waals surface area contributed by atoms with Crippen molar-refractivity contribution in [3.8, 4) is 0 Å². The molecule has 90 valence electrons. The maximum Gasteiger partial charge on any atom is 0.0271 e. The minimum absolute atomic E-state index is 0.600. The van der Waals surface area contributed by atoms with Gasteiger partial charge in [0.05, 0.1) is 0 Å². The number of rotatable bonds is 7. The van der Waals surface area contributed by atoms with Crippen LogP contribution in [0.15, 0.2) is 24.5 Å². The standard InChI is InChI=1S/C13H23N3/c1-3-13(5-8-14)16(4-2)11-12-6-9-15-10-7-12/h6-7,9-10,13H,3-5,8,11,14H2,1-2H3. The van der Waals surface area contributed by atoms with Gasteiger partial charge in [0.25, 0.3) is 0 Å². The quantitative estimate of drug-likeness (QED) is 0.766. The van der Waals surface area contributed by atoms with E-state index in [1.165, 1.54) is 5.56 Å². The van der Waals surface area contributed by atoms with Gasteiger partial charge < -0.3 is 5.73 Å². The first kappa shape index (κ1) is 13.1. The molecule has 0 aliphatic carbocycles. The second-order valence-electron chi connectivity index (χ2n) is 4.06. The number of aromatic nitrogens is 1. The predicted molar refractivity (Wildman–Crippen MR) is 68.1 cm³/mol. The van der Waals surface area contributed by atoms with Gasteiger partial charge >= 0.3 is 0 Å². The Morgan fingerprint density at radius 3 is 2.50 bits per heavy atom. The fraction of sp³-hybridized carbons (Fsp3) is 0.615. The van der Waals surface area contributed by atoms with Gasteiger partial charge in [0, 0.05) is 25.0 Å². The Bertz CT molecular complexity index is 274. The van der Waals surface area contributed by atoms with Crippen LogP contribution in [0.3, 0.4) is 0 Å². The molecule has 0 saturated carbocycles. The molecule has 0 radical (unpaired) electrons. The fourth-order valence-electron chi connectivity index (χ4n) is 2.06. The summed E-state index contributed by atoms with van der Waals surface area (Å²) in [5.41, 5.74) is 6.98. The number of pyridine rings is 1. The summed E-state index contributed by atoms with van der Waals surface area (Å²) in [5, 5.41) is 0. The van der Waals surface area contributed by atoms with Crippen molar-refractivity contribution in [2.45, 2.75) is 39.3 Å². The Morgan fingerprint density at radius 2 is 2.00 bits per heavy atom. The Balaban J connectivity index is 2.60. The zero-order valence-electron chi connectivity index (χ0n) is 10.4. The molecule has 0 amide bonds. The zero-order valence-corrected chi connectivity index (χ0v) is 10.4. The van der Waals surface area contributed by atoms with E-state index in [-0.39, 0.29) is 0 Å². The molecule has 2 N–H and O–H groups in total. The van der Waals surface area contributed by atoms with Crippen LogP contribution in [-0.4, -0.2) is 29.0 Å². The molecular formula is C13H23N3. The topological polar surface area (TPSA) is 42.1 Å². The summed E-state index contributed by atoms with van der Waals surface area (Å²) in [4.78, 5) is 6.53. The highest BCUT2D eigenvalue weighted by molar-refractivity contribution is 5.09. The van der Waals surface area contributed by atoms with E-state index in [2.05, 4.69) is 35.9 Å². The Hall–Kier alpha value is -0.930. The molecule has 0 aliphatic heterocycles. The highest BCUT2D eigenvalue weighted by atomic mass is 15.1. The molecule has 0 aromatic carbocycles. The first-order chi connectivity index (χ1) is 7.81. The van der Waals surface area contributed by atoms with E-state index < -0.39 is 0 Å². The summed E-state index contributed by atoms with van der Waals surface area (Å²) in [5.74, 6) is 0. The van der Waals surface area contributed by atoms with E-state index in [1.807, 2.05) is 12.4 Å². The van der Waals surface area contributed by atoms with Crippen molar-refractivity contribution < 1.29 is 0 Å². The summed E-state index contributed by atoms with van der Waals surface area (Å²) in [6.07, 6.45) is 5.95. The lowest BCUT2D eigenvalue weighted by molar-refractivity contribution is 0.184. The molecule has 0 aliphatic rings. The van der Waals surface area contributed by atoms with Crippen LogP contribution in [-0.2, 0) is 6.54 Å². The first-order valence-electron chi connectivity index (χ1n) is 6.14. The highest BCUT2D eigenvalue weighted by Crippen LogP contribution is 2.12. The third-order valence-corrected chi connectivity index (χ3v) is 3.03. The number of nitrogens with zero attached hydrogens (tertiary/aromatic N) is 2. The van der Waals surface area contributed by atoms with Crippen LogP contribution >= 0.6 is 0 Å². The van der Waals surface area contributed by atoms with Crippen LogP contribution < -0.4 is 5.73 Å². The van der Waals surface area contributed by atoms with Crippen molar-refractivity contribution in [2.75, 3.05) is 13.1 Å². The van der Waals surface area contributed by atoms with E-state index in [0.29, 0.717) is 6.04 Å². The van der Waals surface area contributed by atoms with Crippen molar-refractivity contribution in [1.82, 2.24) is 9.88 Å². The van der Waals surface area contributed by atoms with Crippen LogP contribution in [0, 0.1) is 0 Å². The SMILES string of the molecule is CCC(CCN)N(CC)Cc1ccncc1. The molecule has 1 heterocycles. The van der Waals surface area contributed by atoms with Gasteiger partial charge in [-0.1, -0.05) is 13.8 Å². The van der Waals surface area contributed by atoms with E-state index >= 15 is 0 Å². The smallest absolute Gasteiger partial charge is 0.0271 e. The largest absolute Gasteiger partial charge is 0.330 e. The number of hydrogen-bond donors (Lipinski definition) is 1. The Kier molecular flexibility index (Phi) is 6.04. The number of nitrogens with two attached hydrogens (primary N) is 1. The third kappa shape index (κ3) is 3.91. The van der Waals surface area contributed by atoms with E-state index in [9.17, 15) is 0 Å². The summed E-state index contributed by atoms with van der Waals surface area (Å²) in [7, 11) is 0. The lowest BCUT2D eigenvalue weighted by Crippen LogP contribution is -2.35.